The van der Waals surface area contributed by atoms with Gasteiger partial charge in [-0.2, -0.15) is 23.5 Å². The van der Waals surface area contributed by atoms with E-state index in [0.29, 0.717) is 69.7 Å². The summed E-state index contributed by atoms with van der Waals surface area (Å²) in [5, 5.41) is 23.8. The van der Waals surface area contributed by atoms with Crippen molar-refractivity contribution in [3.63, 3.8) is 0 Å². The van der Waals surface area contributed by atoms with Gasteiger partial charge in [-0.3, -0.25) is 14.9 Å². The highest BCUT2D eigenvalue weighted by atomic mass is 32.2. The maximum atomic E-state index is 13.9. The fourth-order valence-electron chi connectivity index (χ4n) is 4.59. The number of aliphatic hydroxyl groups is 2. The first-order chi connectivity index (χ1) is 20.7. The Morgan fingerprint density at radius 3 is 1.60 bits per heavy atom. The van der Waals surface area contributed by atoms with E-state index in [2.05, 4.69) is 39.9 Å². The number of aliphatic hydroxyl groups excluding tert-OH is 2. The Morgan fingerprint density at radius 1 is 0.733 bits per heavy atom. The summed E-state index contributed by atoms with van der Waals surface area (Å²) in [5.41, 5.74) is -0.903. The number of carbonyl (C=O) groups is 2. The van der Waals surface area contributed by atoms with Crippen molar-refractivity contribution >= 4 is 35.1 Å². The molecule has 0 aromatic carbocycles. The molecule has 0 rings (SSSR count). The second-order valence-electron chi connectivity index (χ2n) is 13.2. The molecule has 0 heterocycles. The molecule has 0 aromatic rings. The van der Waals surface area contributed by atoms with Gasteiger partial charge in [0.1, 0.15) is 5.78 Å². The van der Waals surface area contributed by atoms with E-state index in [0.717, 1.165) is 25.0 Å². The maximum Gasteiger partial charge on any atom is 0.155 e. The molecule has 0 aliphatic carbocycles. The lowest BCUT2D eigenvalue weighted by atomic mass is 9.77. The van der Waals surface area contributed by atoms with Crippen molar-refractivity contribution in [2.45, 2.75) is 119 Å². The molecule has 0 saturated heterocycles. The van der Waals surface area contributed by atoms with Crippen LogP contribution in [0, 0.1) is 11.3 Å². The van der Waals surface area contributed by atoms with Gasteiger partial charge in [0.15, 0.2) is 5.78 Å². The highest BCUT2D eigenvalue weighted by Gasteiger charge is 2.37. The quantitative estimate of drug-likeness (QED) is 0.0841. The standard InChI is InChI=1S/C33H65NO8S2.CH4/c1-9-13-39-15-17-41-22-28(36)24-43-19-11-27(21-32(4,5)6)31(38)33(7,8)34-30(26(3)35)12-20-44-25-29(37)23-42-18-16-40-14-10-2;/h27-30,34,36-37H,9-25H2,1-8H3;1H4/t27-,28?,29?,30+;/m1./s1. The lowest BCUT2D eigenvalue weighted by Crippen LogP contribution is -2.56. The zero-order valence-electron chi connectivity index (χ0n) is 29.0. The minimum atomic E-state index is -0.873. The Labute approximate surface area is 284 Å². The van der Waals surface area contributed by atoms with E-state index in [1.165, 1.54) is 0 Å². The van der Waals surface area contributed by atoms with Crippen molar-refractivity contribution in [1.82, 2.24) is 5.32 Å². The Kier molecular flexibility index (Phi) is 28.8. The molecule has 0 fully saturated rings. The lowest BCUT2D eigenvalue weighted by Gasteiger charge is -2.35. The Balaban J connectivity index is 0. The van der Waals surface area contributed by atoms with Crippen molar-refractivity contribution in [1.29, 1.82) is 0 Å². The van der Waals surface area contributed by atoms with Crippen molar-refractivity contribution in [3.8, 4) is 0 Å². The van der Waals surface area contributed by atoms with E-state index in [1.54, 1.807) is 30.4 Å². The molecular weight excluding hydrogens is 615 g/mol. The lowest BCUT2D eigenvalue weighted by molar-refractivity contribution is -0.130. The van der Waals surface area contributed by atoms with Crippen molar-refractivity contribution in [2.75, 3.05) is 75.9 Å². The van der Waals surface area contributed by atoms with E-state index in [9.17, 15) is 19.8 Å². The highest BCUT2D eigenvalue weighted by molar-refractivity contribution is 7.99. The van der Waals surface area contributed by atoms with Crippen molar-refractivity contribution in [2.24, 2.45) is 11.3 Å². The topological polar surface area (TPSA) is 124 Å². The molecule has 0 saturated carbocycles. The number of thioether (sulfide) groups is 2. The third kappa shape index (κ3) is 26.4. The van der Waals surface area contributed by atoms with Crippen LogP contribution in [0.2, 0.25) is 0 Å². The number of nitrogens with one attached hydrogen (secondary N) is 1. The summed E-state index contributed by atoms with van der Waals surface area (Å²) in [4.78, 5) is 26.4. The van der Waals surface area contributed by atoms with E-state index < -0.39 is 23.8 Å². The molecule has 11 heteroatoms. The van der Waals surface area contributed by atoms with Gasteiger partial charge in [0.2, 0.25) is 0 Å². The number of Topliss-reactive ketones (excluding diaryl/α,β-unsaturated/α-hetero) is 2. The van der Waals surface area contributed by atoms with E-state index in [1.807, 2.05) is 13.8 Å². The second kappa shape index (κ2) is 27.7. The maximum absolute atomic E-state index is 13.9. The highest BCUT2D eigenvalue weighted by Crippen LogP contribution is 2.31. The molecule has 0 radical (unpaired) electrons. The van der Waals surface area contributed by atoms with Gasteiger partial charge in [-0.25, -0.2) is 0 Å². The molecule has 0 spiro atoms. The number of ketones is 2. The van der Waals surface area contributed by atoms with Crippen LogP contribution in [-0.2, 0) is 28.5 Å². The van der Waals surface area contributed by atoms with Crippen LogP contribution >= 0.6 is 23.5 Å². The summed E-state index contributed by atoms with van der Waals surface area (Å²) in [6, 6.07) is -0.447. The smallest absolute Gasteiger partial charge is 0.155 e. The number of carbonyl (C=O) groups excluding carboxylic acids is 2. The average molecular weight is 684 g/mol. The molecule has 4 atom stereocenters. The predicted octanol–water partition coefficient (Wildman–Crippen LogP) is 5.42. The van der Waals surface area contributed by atoms with E-state index >= 15 is 0 Å². The second-order valence-corrected chi connectivity index (χ2v) is 15.5. The van der Waals surface area contributed by atoms with Gasteiger partial charge in [-0.15, -0.1) is 0 Å². The first-order valence-corrected chi connectivity index (χ1v) is 18.7. The molecular formula is C34H69NO8S2. The molecule has 9 nitrogen and oxygen atoms in total. The van der Waals surface area contributed by atoms with Gasteiger partial charge in [0.05, 0.1) is 63.4 Å². The summed E-state index contributed by atoms with van der Waals surface area (Å²) in [6.45, 7) is 19.8. The molecule has 270 valence electrons. The summed E-state index contributed by atoms with van der Waals surface area (Å²) < 4.78 is 21.7. The molecule has 0 aliphatic rings. The summed E-state index contributed by atoms with van der Waals surface area (Å²) >= 11 is 3.21. The third-order valence-electron chi connectivity index (χ3n) is 6.71. The average Bonchev–Trinajstić information content (AvgIpc) is 2.94. The van der Waals surface area contributed by atoms with Gasteiger partial charge in [-0.05, 0) is 69.8 Å². The third-order valence-corrected chi connectivity index (χ3v) is 9.00. The Morgan fingerprint density at radius 2 is 1.18 bits per heavy atom. The molecule has 45 heavy (non-hydrogen) atoms. The molecule has 0 aliphatic heterocycles. The van der Waals surface area contributed by atoms with Gasteiger partial charge >= 0.3 is 0 Å². The fourth-order valence-corrected chi connectivity index (χ4v) is 6.51. The first-order valence-electron chi connectivity index (χ1n) is 16.4. The predicted molar refractivity (Wildman–Crippen MR) is 191 cm³/mol. The summed E-state index contributed by atoms with van der Waals surface area (Å²) in [5.74, 6) is 2.44. The van der Waals surface area contributed by atoms with Gasteiger partial charge in [-0.1, -0.05) is 42.0 Å². The van der Waals surface area contributed by atoms with Crippen LogP contribution in [0.25, 0.3) is 0 Å². The van der Waals surface area contributed by atoms with E-state index in [4.69, 9.17) is 18.9 Å². The van der Waals surface area contributed by atoms with Crippen LogP contribution in [0.1, 0.15) is 94.9 Å². The van der Waals surface area contributed by atoms with Crippen LogP contribution in [0.3, 0.4) is 0 Å². The SMILES string of the molecule is C.CCCOCCOCC(O)CSCC[C@H](CC(C)(C)C)C(=O)C(C)(C)N[C@@H](CCSCC(O)COCCOCCC)C(C)=O. The van der Waals surface area contributed by atoms with Crippen molar-refractivity contribution < 1.29 is 38.7 Å². The number of hydrogen-bond donors (Lipinski definition) is 3. The van der Waals surface area contributed by atoms with Gasteiger partial charge in [0.25, 0.3) is 0 Å². The van der Waals surface area contributed by atoms with Gasteiger partial charge < -0.3 is 29.2 Å². The molecule has 3 N–H and O–H groups in total. The Bertz CT molecular complexity index is 735. The van der Waals surface area contributed by atoms with Crippen LogP contribution in [0.15, 0.2) is 0 Å². The Hall–Kier alpha value is -0.240. The van der Waals surface area contributed by atoms with Crippen LogP contribution < -0.4 is 5.32 Å². The molecule has 0 amide bonds. The normalized spacial score (nSPS) is 14.9. The monoisotopic (exact) mass is 683 g/mol. The molecule has 0 bridgehead atoms. The molecule has 0 aromatic heterocycles. The summed E-state index contributed by atoms with van der Waals surface area (Å²) in [6.07, 6.45) is 2.81. The first kappa shape index (κ1) is 46.9. The number of ether oxygens (including phenoxy) is 4. The minimum absolute atomic E-state index is 0. The van der Waals surface area contributed by atoms with Crippen LogP contribution in [-0.4, -0.2) is 121 Å². The zero-order chi connectivity index (χ0) is 33.4. The largest absolute Gasteiger partial charge is 0.390 e. The van der Waals surface area contributed by atoms with Gasteiger partial charge in [0, 0.05) is 30.6 Å². The fraction of sp³-hybridized carbons (Fsp3) is 0.941. The van der Waals surface area contributed by atoms with E-state index in [-0.39, 0.29) is 43.5 Å². The van der Waals surface area contributed by atoms with Crippen LogP contribution in [0.4, 0.5) is 0 Å². The van der Waals surface area contributed by atoms with Crippen molar-refractivity contribution in [3.05, 3.63) is 0 Å². The summed E-state index contributed by atoms with van der Waals surface area (Å²) in [7, 11) is 0. The molecule has 2 unspecified atom stereocenters. The number of hydrogen-bond acceptors (Lipinski definition) is 11. The van der Waals surface area contributed by atoms with Crippen LogP contribution in [0.5, 0.6) is 0 Å². The zero-order valence-corrected chi connectivity index (χ0v) is 30.6. The minimum Gasteiger partial charge on any atom is -0.390 e. The number of rotatable bonds is 30.